The number of hydrogen-bond acceptors (Lipinski definition) is 6. The van der Waals surface area contributed by atoms with E-state index in [0.29, 0.717) is 28.4 Å². The SMILES string of the molecule is COc1cc(OC)c(OC)cc1/C=N/NS(=O)(=O)c1cc(C)ccc1C. The summed E-state index contributed by atoms with van der Waals surface area (Å²) >= 11 is 0. The van der Waals surface area contributed by atoms with E-state index in [-0.39, 0.29) is 4.90 Å². The lowest BCUT2D eigenvalue weighted by atomic mass is 10.2. The normalized spacial score (nSPS) is 11.4. The van der Waals surface area contributed by atoms with E-state index in [9.17, 15) is 8.42 Å². The topological polar surface area (TPSA) is 86.2 Å². The van der Waals surface area contributed by atoms with Gasteiger partial charge in [0.05, 0.1) is 32.4 Å². The zero-order valence-corrected chi connectivity index (χ0v) is 16.2. The first-order chi connectivity index (χ1) is 12.3. The fourth-order valence-electron chi connectivity index (χ4n) is 2.37. The maximum atomic E-state index is 12.5. The Bertz CT molecular complexity index is 923. The molecule has 0 aliphatic heterocycles. The molecule has 26 heavy (non-hydrogen) atoms. The van der Waals surface area contributed by atoms with Gasteiger partial charge in [0.25, 0.3) is 10.0 Å². The van der Waals surface area contributed by atoms with Crippen LogP contribution in [0.5, 0.6) is 17.2 Å². The minimum Gasteiger partial charge on any atom is -0.496 e. The molecule has 0 unspecified atom stereocenters. The number of ether oxygens (including phenoxy) is 3. The zero-order valence-electron chi connectivity index (χ0n) is 15.4. The Morgan fingerprint density at radius 2 is 1.54 bits per heavy atom. The number of hydrogen-bond donors (Lipinski definition) is 1. The molecule has 0 saturated carbocycles. The van der Waals surface area contributed by atoms with Gasteiger partial charge in [0.2, 0.25) is 0 Å². The van der Waals surface area contributed by atoms with E-state index in [1.54, 1.807) is 31.2 Å². The molecule has 2 aromatic rings. The van der Waals surface area contributed by atoms with Crippen LogP contribution in [0, 0.1) is 13.8 Å². The van der Waals surface area contributed by atoms with Crippen molar-refractivity contribution >= 4 is 16.2 Å². The van der Waals surface area contributed by atoms with E-state index < -0.39 is 10.0 Å². The van der Waals surface area contributed by atoms with Crippen molar-refractivity contribution in [3.05, 3.63) is 47.0 Å². The number of nitrogens with zero attached hydrogens (tertiary/aromatic N) is 1. The van der Waals surface area contributed by atoms with Crippen LogP contribution in [0.1, 0.15) is 16.7 Å². The van der Waals surface area contributed by atoms with Gasteiger partial charge in [-0.1, -0.05) is 12.1 Å². The fourth-order valence-corrected chi connectivity index (χ4v) is 3.49. The molecule has 7 nitrogen and oxygen atoms in total. The maximum Gasteiger partial charge on any atom is 0.276 e. The Balaban J connectivity index is 2.31. The van der Waals surface area contributed by atoms with Crippen LogP contribution in [0.4, 0.5) is 0 Å². The van der Waals surface area contributed by atoms with Crippen molar-refractivity contribution in [2.24, 2.45) is 5.10 Å². The predicted molar refractivity (Wildman–Crippen MR) is 99.9 cm³/mol. The van der Waals surface area contributed by atoms with E-state index in [2.05, 4.69) is 9.93 Å². The Labute approximate surface area is 153 Å². The van der Waals surface area contributed by atoms with Crippen molar-refractivity contribution in [1.82, 2.24) is 4.83 Å². The quantitative estimate of drug-likeness (QED) is 0.591. The van der Waals surface area contributed by atoms with Gasteiger partial charge in [0.1, 0.15) is 5.75 Å². The highest BCUT2D eigenvalue weighted by Crippen LogP contribution is 2.33. The second-order valence-corrected chi connectivity index (χ2v) is 7.20. The van der Waals surface area contributed by atoms with E-state index in [1.165, 1.54) is 27.5 Å². The van der Waals surface area contributed by atoms with Crippen LogP contribution in [0.2, 0.25) is 0 Å². The van der Waals surface area contributed by atoms with Crippen molar-refractivity contribution in [1.29, 1.82) is 0 Å². The van der Waals surface area contributed by atoms with Crippen LogP contribution in [0.25, 0.3) is 0 Å². The monoisotopic (exact) mass is 378 g/mol. The van der Waals surface area contributed by atoms with Gasteiger partial charge in [-0.15, -0.1) is 0 Å². The number of sulfonamides is 1. The van der Waals surface area contributed by atoms with Crippen LogP contribution in [0.15, 0.2) is 40.3 Å². The smallest absolute Gasteiger partial charge is 0.276 e. The fraction of sp³-hybridized carbons (Fsp3) is 0.278. The summed E-state index contributed by atoms with van der Waals surface area (Å²) in [5.74, 6) is 1.45. The third-order valence-corrected chi connectivity index (χ3v) is 5.11. The molecule has 0 fully saturated rings. The molecule has 0 atom stereocenters. The summed E-state index contributed by atoms with van der Waals surface area (Å²) in [4.78, 5) is 2.41. The van der Waals surface area contributed by atoms with Gasteiger partial charge in [-0.3, -0.25) is 0 Å². The highest BCUT2D eigenvalue weighted by atomic mass is 32.2. The maximum absolute atomic E-state index is 12.5. The number of aryl methyl sites for hydroxylation is 2. The molecular weight excluding hydrogens is 356 g/mol. The van der Waals surface area contributed by atoms with Crippen molar-refractivity contribution in [3.63, 3.8) is 0 Å². The van der Waals surface area contributed by atoms with Gasteiger partial charge < -0.3 is 14.2 Å². The van der Waals surface area contributed by atoms with Crippen LogP contribution < -0.4 is 19.0 Å². The molecule has 2 aromatic carbocycles. The van der Waals surface area contributed by atoms with Gasteiger partial charge in [-0.05, 0) is 37.1 Å². The van der Waals surface area contributed by atoms with Crippen LogP contribution in [-0.4, -0.2) is 36.0 Å². The number of benzene rings is 2. The molecule has 0 saturated heterocycles. The summed E-state index contributed by atoms with van der Waals surface area (Å²) in [5, 5.41) is 3.86. The summed E-state index contributed by atoms with van der Waals surface area (Å²) in [5.41, 5.74) is 2.03. The Morgan fingerprint density at radius 3 is 2.15 bits per heavy atom. The summed E-state index contributed by atoms with van der Waals surface area (Å²) in [7, 11) is 0.748. The first-order valence-electron chi connectivity index (χ1n) is 7.74. The average Bonchev–Trinajstić information content (AvgIpc) is 2.62. The highest BCUT2D eigenvalue weighted by molar-refractivity contribution is 7.89. The lowest BCUT2D eigenvalue weighted by Gasteiger charge is -2.12. The van der Waals surface area contributed by atoms with Crippen molar-refractivity contribution < 1.29 is 22.6 Å². The molecule has 0 bridgehead atoms. The molecule has 1 N–H and O–H groups in total. The lowest BCUT2D eigenvalue weighted by molar-refractivity contribution is 0.349. The zero-order chi connectivity index (χ0) is 19.3. The van der Waals surface area contributed by atoms with Crippen LogP contribution in [0.3, 0.4) is 0 Å². The third-order valence-electron chi connectivity index (χ3n) is 3.75. The molecule has 2 rings (SSSR count). The largest absolute Gasteiger partial charge is 0.496 e. The molecule has 0 aliphatic carbocycles. The number of nitrogens with one attached hydrogen (secondary N) is 1. The summed E-state index contributed by atoms with van der Waals surface area (Å²) in [6, 6.07) is 8.49. The lowest BCUT2D eigenvalue weighted by Crippen LogP contribution is -2.19. The molecule has 8 heteroatoms. The minimum atomic E-state index is -3.78. The Morgan fingerprint density at radius 1 is 0.923 bits per heavy atom. The molecule has 0 aromatic heterocycles. The first kappa shape index (κ1) is 19.6. The van der Waals surface area contributed by atoms with Gasteiger partial charge in [0.15, 0.2) is 11.5 Å². The van der Waals surface area contributed by atoms with Crippen molar-refractivity contribution in [3.8, 4) is 17.2 Å². The van der Waals surface area contributed by atoms with Crippen LogP contribution >= 0.6 is 0 Å². The van der Waals surface area contributed by atoms with E-state index in [4.69, 9.17) is 14.2 Å². The second-order valence-electron chi connectivity index (χ2n) is 5.57. The van der Waals surface area contributed by atoms with E-state index >= 15 is 0 Å². The van der Waals surface area contributed by atoms with Crippen molar-refractivity contribution in [2.75, 3.05) is 21.3 Å². The number of methoxy groups -OCH3 is 3. The molecule has 140 valence electrons. The van der Waals surface area contributed by atoms with Gasteiger partial charge in [-0.25, -0.2) is 4.83 Å². The number of rotatable bonds is 7. The van der Waals surface area contributed by atoms with E-state index in [0.717, 1.165) is 5.56 Å². The van der Waals surface area contributed by atoms with Gasteiger partial charge >= 0.3 is 0 Å². The molecule has 0 spiro atoms. The average molecular weight is 378 g/mol. The highest BCUT2D eigenvalue weighted by Gasteiger charge is 2.16. The standard InChI is InChI=1S/C18H22N2O5S/c1-12-6-7-13(2)18(8-12)26(21,22)20-19-11-14-9-16(24-4)17(25-5)10-15(14)23-3/h6-11,20H,1-5H3/b19-11+. The summed E-state index contributed by atoms with van der Waals surface area (Å²) in [6.45, 7) is 3.56. The van der Waals surface area contributed by atoms with Crippen molar-refractivity contribution in [2.45, 2.75) is 18.7 Å². The molecular formula is C18H22N2O5S. The van der Waals surface area contributed by atoms with Crippen LogP contribution in [-0.2, 0) is 10.0 Å². The molecule has 0 heterocycles. The van der Waals surface area contributed by atoms with Gasteiger partial charge in [-0.2, -0.15) is 13.5 Å². The molecule has 0 amide bonds. The van der Waals surface area contributed by atoms with Gasteiger partial charge in [0, 0.05) is 11.6 Å². The molecule has 0 radical (unpaired) electrons. The second kappa shape index (κ2) is 8.09. The minimum absolute atomic E-state index is 0.189. The summed E-state index contributed by atoms with van der Waals surface area (Å²) in [6.07, 6.45) is 1.35. The Hall–Kier alpha value is -2.74. The number of hydrazone groups is 1. The Kier molecular flexibility index (Phi) is 6.10. The summed E-state index contributed by atoms with van der Waals surface area (Å²) < 4.78 is 40.7. The predicted octanol–water partition coefficient (Wildman–Crippen LogP) is 2.64. The van der Waals surface area contributed by atoms with E-state index in [1.807, 2.05) is 13.0 Å². The first-order valence-corrected chi connectivity index (χ1v) is 9.23. The molecule has 0 aliphatic rings. The third kappa shape index (κ3) is 4.26.